The van der Waals surface area contributed by atoms with Crippen molar-refractivity contribution in [2.45, 2.75) is 25.9 Å². The summed E-state index contributed by atoms with van der Waals surface area (Å²) in [6, 6.07) is 4.62. The van der Waals surface area contributed by atoms with Gasteiger partial charge >= 0.3 is 0 Å². The fraction of sp³-hybridized carbons (Fsp3) is 0.500. The summed E-state index contributed by atoms with van der Waals surface area (Å²) in [5.74, 6) is -0.692. The van der Waals surface area contributed by atoms with E-state index in [1.807, 2.05) is 6.92 Å². The lowest BCUT2D eigenvalue weighted by Gasteiger charge is -2.32. The number of amides is 1. The first-order chi connectivity index (χ1) is 8.61. The van der Waals surface area contributed by atoms with Crippen LogP contribution in [-0.4, -0.2) is 37.1 Å². The summed E-state index contributed by atoms with van der Waals surface area (Å²) in [5, 5.41) is 0. The summed E-state index contributed by atoms with van der Waals surface area (Å²) in [5.41, 5.74) is 1.05. The molecule has 1 aromatic rings. The molecule has 98 valence electrons. The van der Waals surface area contributed by atoms with Gasteiger partial charge in [-0.05, 0) is 31.9 Å². The Kier molecular flexibility index (Phi) is 3.97. The molecule has 1 saturated heterocycles. The fourth-order valence-corrected chi connectivity index (χ4v) is 2.29. The van der Waals surface area contributed by atoms with Crippen LogP contribution in [0.25, 0.3) is 0 Å². The van der Waals surface area contributed by atoms with Crippen molar-refractivity contribution in [3.05, 3.63) is 35.1 Å². The van der Waals surface area contributed by atoms with Crippen LogP contribution in [0.15, 0.2) is 18.2 Å². The maximum atomic E-state index is 13.7. The van der Waals surface area contributed by atoms with Crippen molar-refractivity contribution in [2.24, 2.45) is 0 Å². The Balaban J connectivity index is 2.17. The van der Waals surface area contributed by atoms with Crippen LogP contribution in [0, 0.1) is 12.7 Å². The number of carbonyl (C=O) groups excluding carboxylic acids is 1. The van der Waals surface area contributed by atoms with Crippen molar-refractivity contribution in [2.75, 3.05) is 20.2 Å². The third kappa shape index (κ3) is 2.70. The lowest BCUT2D eigenvalue weighted by Crippen LogP contribution is -2.43. The summed E-state index contributed by atoms with van der Waals surface area (Å²) in [7, 11) is 1.64. The molecule has 0 aliphatic carbocycles. The maximum Gasteiger partial charge on any atom is 0.256 e. The topological polar surface area (TPSA) is 29.5 Å². The summed E-state index contributed by atoms with van der Waals surface area (Å²) >= 11 is 0. The number of hydrogen-bond acceptors (Lipinski definition) is 2. The molecule has 4 heteroatoms. The first kappa shape index (κ1) is 13.0. The van der Waals surface area contributed by atoms with E-state index >= 15 is 0 Å². The first-order valence-corrected chi connectivity index (χ1v) is 6.20. The summed E-state index contributed by atoms with van der Waals surface area (Å²) in [4.78, 5) is 13.9. The number of hydrogen-bond donors (Lipinski definition) is 0. The van der Waals surface area contributed by atoms with Gasteiger partial charge in [-0.15, -0.1) is 0 Å². The lowest BCUT2D eigenvalue weighted by atomic mass is 10.1. The van der Waals surface area contributed by atoms with Crippen molar-refractivity contribution < 1.29 is 13.9 Å². The molecule has 1 aromatic carbocycles. The Morgan fingerprint density at radius 2 is 2.28 bits per heavy atom. The highest BCUT2D eigenvalue weighted by atomic mass is 19.1. The predicted octanol–water partition coefficient (Wildman–Crippen LogP) is 2.39. The monoisotopic (exact) mass is 251 g/mol. The predicted molar refractivity (Wildman–Crippen MR) is 67.1 cm³/mol. The van der Waals surface area contributed by atoms with Crippen LogP contribution in [0.5, 0.6) is 0 Å². The van der Waals surface area contributed by atoms with Crippen molar-refractivity contribution in [1.29, 1.82) is 0 Å². The first-order valence-electron chi connectivity index (χ1n) is 6.20. The molecule has 0 radical (unpaired) electrons. The Hall–Kier alpha value is -1.42. The number of ether oxygens (including phenoxy) is 1. The number of benzene rings is 1. The lowest BCUT2D eigenvalue weighted by molar-refractivity contribution is 0.0266. The number of rotatable bonds is 2. The van der Waals surface area contributed by atoms with Crippen LogP contribution in [0.1, 0.15) is 28.8 Å². The molecule has 3 nitrogen and oxygen atoms in total. The standard InChI is InChI=1S/C14H18FNO2/c1-10-5-6-13(15)12(8-10)14(17)16-7-3-4-11(9-16)18-2/h5-6,8,11H,3-4,7,9H2,1-2H3. The molecule has 1 aliphatic heterocycles. The van der Waals surface area contributed by atoms with E-state index in [0.29, 0.717) is 13.1 Å². The second-order valence-electron chi connectivity index (χ2n) is 4.73. The molecule has 1 fully saturated rings. The van der Waals surface area contributed by atoms with Crippen LogP contribution in [0.3, 0.4) is 0 Å². The van der Waals surface area contributed by atoms with E-state index in [2.05, 4.69) is 0 Å². The Bertz CT molecular complexity index is 447. The molecule has 0 saturated carbocycles. The van der Waals surface area contributed by atoms with Gasteiger partial charge in [-0.2, -0.15) is 0 Å². The highest BCUT2D eigenvalue weighted by molar-refractivity contribution is 5.94. The third-order valence-electron chi connectivity index (χ3n) is 3.35. The summed E-state index contributed by atoms with van der Waals surface area (Å²) in [6.07, 6.45) is 1.92. The van der Waals surface area contributed by atoms with Gasteiger partial charge in [0.2, 0.25) is 0 Å². The minimum atomic E-state index is -0.454. The van der Waals surface area contributed by atoms with E-state index in [-0.39, 0.29) is 17.6 Å². The van der Waals surface area contributed by atoms with E-state index in [4.69, 9.17) is 4.74 Å². The maximum absolute atomic E-state index is 13.7. The molecule has 1 unspecified atom stereocenters. The molecule has 1 amide bonds. The molecule has 18 heavy (non-hydrogen) atoms. The Morgan fingerprint density at radius 3 is 3.00 bits per heavy atom. The number of halogens is 1. The molecule has 0 aromatic heterocycles. The van der Waals surface area contributed by atoms with Gasteiger partial charge in [0, 0.05) is 20.2 Å². The van der Waals surface area contributed by atoms with Gasteiger partial charge in [0.1, 0.15) is 5.82 Å². The van der Waals surface area contributed by atoms with Gasteiger partial charge in [-0.3, -0.25) is 4.79 Å². The smallest absolute Gasteiger partial charge is 0.256 e. The average molecular weight is 251 g/mol. The molecule has 1 heterocycles. The van der Waals surface area contributed by atoms with Gasteiger partial charge in [-0.25, -0.2) is 4.39 Å². The molecule has 0 N–H and O–H groups in total. The number of methoxy groups -OCH3 is 1. The van der Waals surface area contributed by atoms with Crippen LogP contribution < -0.4 is 0 Å². The second-order valence-corrected chi connectivity index (χ2v) is 4.73. The number of carbonyl (C=O) groups is 1. The third-order valence-corrected chi connectivity index (χ3v) is 3.35. The largest absolute Gasteiger partial charge is 0.380 e. The minimum Gasteiger partial charge on any atom is -0.380 e. The van der Waals surface area contributed by atoms with Gasteiger partial charge in [0.25, 0.3) is 5.91 Å². The number of likely N-dealkylation sites (tertiary alicyclic amines) is 1. The normalized spacial score (nSPS) is 19.9. The summed E-state index contributed by atoms with van der Waals surface area (Å²) < 4.78 is 18.9. The van der Waals surface area contributed by atoms with Gasteiger partial charge in [0.05, 0.1) is 11.7 Å². The number of nitrogens with zero attached hydrogens (tertiary/aromatic N) is 1. The highest BCUT2D eigenvalue weighted by Gasteiger charge is 2.25. The van der Waals surface area contributed by atoms with Crippen LogP contribution in [-0.2, 0) is 4.74 Å². The second kappa shape index (κ2) is 5.48. The van der Waals surface area contributed by atoms with E-state index in [0.717, 1.165) is 18.4 Å². The SMILES string of the molecule is COC1CCCN(C(=O)c2cc(C)ccc2F)C1. The molecule has 0 spiro atoms. The van der Waals surface area contributed by atoms with Gasteiger partial charge < -0.3 is 9.64 Å². The van der Waals surface area contributed by atoms with Crippen molar-refractivity contribution in [3.63, 3.8) is 0 Å². The van der Waals surface area contributed by atoms with E-state index in [1.54, 1.807) is 24.1 Å². The zero-order valence-corrected chi connectivity index (χ0v) is 10.8. The Labute approximate surface area is 107 Å². The molecule has 1 atom stereocenters. The molecule has 1 aliphatic rings. The Morgan fingerprint density at radius 1 is 1.50 bits per heavy atom. The van der Waals surface area contributed by atoms with E-state index in [9.17, 15) is 9.18 Å². The van der Waals surface area contributed by atoms with Crippen LogP contribution >= 0.6 is 0 Å². The quantitative estimate of drug-likeness (QED) is 0.807. The zero-order valence-electron chi connectivity index (χ0n) is 10.8. The number of aryl methyl sites for hydroxylation is 1. The van der Waals surface area contributed by atoms with Crippen molar-refractivity contribution >= 4 is 5.91 Å². The highest BCUT2D eigenvalue weighted by Crippen LogP contribution is 2.18. The zero-order chi connectivity index (χ0) is 13.1. The molecule has 0 bridgehead atoms. The van der Waals surface area contributed by atoms with Gasteiger partial charge in [0.15, 0.2) is 0 Å². The molecular weight excluding hydrogens is 233 g/mol. The average Bonchev–Trinajstić information content (AvgIpc) is 2.41. The number of piperidine rings is 1. The van der Waals surface area contributed by atoms with E-state index in [1.165, 1.54) is 6.07 Å². The van der Waals surface area contributed by atoms with Gasteiger partial charge in [-0.1, -0.05) is 11.6 Å². The van der Waals surface area contributed by atoms with Crippen molar-refractivity contribution in [3.8, 4) is 0 Å². The van der Waals surface area contributed by atoms with Crippen LogP contribution in [0.4, 0.5) is 4.39 Å². The molecule has 2 rings (SSSR count). The van der Waals surface area contributed by atoms with Crippen molar-refractivity contribution in [1.82, 2.24) is 4.90 Å². The van der Waals surface area contributed by atoms with E-state index < -0.39 is 5.82 Å². The minimum absolute atomic E-state index is 0.0653. The fourth-order valence-electron chi connectivity index (χ4n) is 2.29. The van der Waals surface area contributed by atoms with Crippen LogP contribution in [0.2, 0.25) is 0 Å². The molecular formula is C14H18FNO2. The summed E-state index contributed by atoms with van der Waals surface area (Å²) in [6.45, 7) is 3.07.